The Morgan fingerprint density at radius 3 is 2.46 bits per heavy atom. The molecule has 24 heavy (non-hydrogen) atoms. The smallest absolute Gasteiger partial charge is 0.171 e. The van der Waals surface area contributed by atoms with Gasteiger partial charge in [0.15, 0.2) is 5.11 Å². The van der Waals surface area contributed by atoms with Gasteiger partial charge in [0, 0.05) is 17.4 Å². The molecule has 4 nitrogen and oxygen atoms in total. The predicted octanol–water partition coefficient (Wildman–Crippen LogP) is 3.94. The van der Waals surface area contributed by atoms with Gasteiger partial charge in [0.25, 0.3) is 0 Å². The van der Waals surface area contributed by atoms with Gasteiger partial charge in [0.05, 0.1) is 24.1 Å². The molecule has 3 rings (SSSR count). The lowest BCUT2D eigenvalue weighted by atomic mass is 10.0. The van der Waals surface area contributed by atoms with Crippen LogP contribution in [0.1, 0.15) is 11.4 Å². The summed E-state index contributed by atoms with van der Waals surface area (Å²) in [6.45, 7) is 2.45. The fourth-order valence-corrected chi connectivity index (χ4v) is 2.49. The average molecular weight is 334 g/mol. The Morgan fingerprint density at radius 2 is 1.71 bits per heavy atom. The Labute approximate surface area is 147 Å². The lowest BCUT2D eigenvalue weighted by molar-refractivity contribution is 0.863. The highest BCUT2D eigenvalue weighted by Crippen LogP contribution is 2.27. The largest absolute Gasteiger partial charge is 0.357 e. The van der Waals surface area contributed by atoms with Crippen LogP contribution in [0.3, 0.4) is 0 Å². The highest BCUT2D eigenvalue weighted by atomic mass is 32.1. The molecular formula is C19H18N4S. The van der Waals surface area contributed by atoms with Gasteiger partial charge in [-0.25, -0.2) is 0 Å². The Bertz CT molecular complexity index is 816. The molecule has 0 bridgehead atoms. The molecule has 2 N–H and O–H groups in total. The first-order valence-electron chi connectivity index (χ1n) is 7.69. The van der Waals surface area contributed by atoms with Crippen LogP contribution in [-0.2, 0) is 6.54 Å². The number of hydrogen-bond donors (Lipinski definition) is 2. The molecule has 2 aromatic carbocycles. The van der Waals surface area contributed by atoms with E-state index in [0.29, 0.717) is 11.7 Å². The molecule has 120 valence electrons. The summed E-state index contributed by atoms with van der Waals surface area (Å²) in [4.78, 5) is 8.54. The van der Waals surface area contributed by atoms with E-state index in [1.807, 2.05) is 43.3 Å². The van der Waals surface area contributed by atoms with Gasteiger partial charge < -0.3 is 10.6 Å². The molecule has 1 heterocycles. The van der Waals surface area contributed by atoms with Crippen LogP contribution in [-0.4, -0.2) is 15.1 Å². The Morgan fingerprint density at radius 1 is 0.958 bits per heavy atom. The monoisotopic (exact) mass is 334 g/mol. The third kappa shape index (κ3) is 4.14. The second kappa shape index (κ2) is 7.66. The van der Waals surface area contributed by atoms with Crippen molar-refractivity contribution in [2.45, 2.75) is 13.5 Å². The van der Waals surface area contributed by atoms with E-state index in [0.717, 1.165) is 28.2 Å². The lowest BCUT2D eigenvalue weighted by Gasteiger charge is -2.14. The molecule has 0 aliphatic carbocycles. The second-order valence-electron chi connectivity index (χ2n) is 5.37. The molecule has 0 unspecified atom stereocenters. The molecule has 1 aromatic heterocycles. The molecular weight excluding hydrogens is 316 g/mol. The normalized spacial score (nSPS) is 10.2. The maximum absolute atomic E-state index is 5.40. The number of benzene rings is 2. The number of hydrogen-bond acceptors (Lipinski definition) is 3. The van der Waals surface area contributed by atoms with Crippen LogP contribution in [0.2, 0.25) is 0 Å². The van der Waals surface area contributed by atoms with Gasteiger partial charge >= 0.3 is 0 Å². The zero-order chi connectivity index (χ0) is 16.8. The average Bonchev–Trinajstić information content (AvgIpc) is 2.62. The van der Waals surface area contributed by atoms with E-state index in [4.69, 9.17) is 12.2 Å². The van der Waals surface area contributed by atoms with Crippen LogP contribution in [0.4, 0.5) is 5.69 Å². The fraction of sp³-hybridized carbons (Fsp3) is 0.105. The first-order chi connectivity index (χ1) is 11.7. The van der Waals surface area contributed by atoms with Crippen molar-refractivity contribution in [2.24, 2.45) is 0 Å². The van der Waals surface area contributed by atoms with Crippen molar-refractivity contribution >= 4 is 23.0 Å². The number of aromatic nitrogens is 2. The summed E-state index contributed by atoms with van der Waals surface area (Å²) in [5, 5.41) is 6.98. The molecule has 0 amide bonds. The van der Waals surface area contributed by atoms with Crippen molar-refractivity contribution in [1.82, 2.24) is 15.3 Å². The fourth-order valence-electron chi connectivity index (χ4n) is 2.31. The lowest BCUT2D eigenvalue weighted by Crippen LogP contribution is -2.28. The first-order valence-corrected chi connectivity index (χ1v) is 8.10. The summed E-state index contributed by atoms with van der Waals surface area (Å²) in [6.07, 6.45) is 3.50. The van der Waals surface area contributed by atoms with E-state index in [1.54, 1.807) is 12.4 Å². The number of rotatable bonds is 4. The molecule has 3 aromatic rings. The zero-order valence-corrected chi connectivity index (χ0v) is 14.2. The summed E-state index contributed by atoms with van der Waals surface area (Å²) in [6, 6.07) is 18.3. The number of para-hydroxylation sites is 1. The van der Waals surface area contributed by atoms with Crippen molar-refractivity contribution < 1.29 is 0 Å². The quantitative estimate of drug-likeness (QED) is 0.708. The van der Waals surface area contributed by atoms with Crippen molar-refractivity contribution in [3.8, 4) is 11.1 Å². The predicted molar refractivity (Wildman–Crippen MR) is 102 cm³/mol. The van der Waals surface area contributed by atoms with Gasteiger partial charge in [0.1, 0.15) is 0 Å². The number of thiocarbonyl (C=S) groups is 1. The molecule has 5 heteroatoms. The van der Waals surface area contributed by atoms with E-state index in [2.05, 4.69) is 38.8 Å². The molecule has 0 fully saturated rings. The molecule has 0 aliphatic rings. The van der Waals surface area contributed by atoms with Crippen molar-refractivity contribution in [1.29, 1.82) is 0 Å². The third-order valence-electron chi connectivity index (χ3n) is 3.52. The number of nitrogens with one attached hydrogen (secondary N) is 2. The summed E-state index contributed by atoms with van der Waals surface area (Å²) in [7, 11) is 0. The Balaban J connectivity index is 1.67. The molecule has 0 radical (unpaired) electrons. The zero-order valence-electron chi connectivity index (χ0n) is 13.4. The molecule has 0 aliphatic heterocycles. The topological polar surface area (TPSA) is 49.8 Å². The van der Waals surface area contributed by atoms with E-state index >= 15 is 0 Å². The molecule has 0 atom stereocenters. The highest BCUT2D eigenvalue weighted by molar-refractivity contribution is 7.80. The molecule has 0 spiro atoms. The minimum absolute atomic E-state index is 0.534. The van der Waals surface area contributed by atoms with E-state index in [9.17, 15) is 0 Å². The second-order valence-corrected chi connectivity index (χ2v) is 5.78. The Hall–Kier alpha value is -2.79. The van der Waals surface area contributed by atoms with Crippen LogP contribution < -0.4 is 10.6 Å². The van der Waals surface area contributed by atoms with E-state index in [-0.39, 0.29) is 0 Å². The highest BCUT2D eigenvalue weighted by Gasteiger charge is 2.06. The standard InChI is InChI=1S/C19H18N4S/c1-14-11-21-16(12-20-14)13-22-19(24)23-18-10-6-5-9-17(18)15-7-3-2-4-8-15/h2-12H,13H2,1H3,(H2,22,23,24). The van der Waals surface area contributed by atoms with E-state index in [1.165, 1.54) is 0 Å². The van der Waals surface area contributed by atoms with Gasteiger partial charge in [-0.15, -0.1) is 0 Å². The summed E-state index contributed by atoms with van der Waals surface area (Å²) < 4.78 is 0. The Kier molecular flexibility index (Phi) is 5.13. The van der Waals surface area contributed by atoms with Crippen LogP contribution in [0.15, 0.2) is 67.0 Å². The summed E-state index contributed by atoms with van der Waals surface area (Å²) in [5.74, 6) is 0. The van der Waals surface area contributed by atoms with Crippen LogP contribution in [0, 0.1) is 6.92 Å². The van der Waals surface area contributed by atoms with Gasteiger partial charge in [-0.2, -0.15) is 0 Å². The van der Waals surface area contributed by atoms with Crippen molar-refractivity contribution in [2.75, 3.05) is 5.32 Å². The minimum Gasteiger partial charge on any atom is -0.357 e. The molecule has 0 saturated carbocycles. The minimum atomic E-state index is 0.534. The van der Waals surface area contributed by atoms with Crippen LogP contribution in [0.25, 0.3) is 11.1 Å². The molecule has 0 saturated heterocycles. The summed E-state index contributed by atoms with van der Waals surface area (Å²) in [5.41, 5.74) is 4.97. The van der Waals surface area contributed by atoms with Crippen molar-refractivity contribution in [3.63, 3.8) is 0 Å². The summed E-state index contributed by atoms with van der Waals surface area (Å²) >= 11 is 5.40. The number of anilines is 1. The maximum Gasteiger partial charge on any atom is 0.171 e. The van der Waals surface area contributed by atoms with Gasteiger partial charge in [-0.1, -0.05) is 48.5 Å². The third-order valence-corrected chi connectivity index (χ3v) is 3.77. The van der Waals surface area contributed by atoms with Gasteiger partial charge in [-0.05, 0) is 30.8 Å². The van der Waals surface area contributed by atoms with Crippen LogP contribution >= 0.6 is 12.2 Å². The number of aryl methyl sites for hydroxylation is 1. The maximum atomic E-state index is 5.40. The van der Waals surface area contributed by atoms with E-state index < -0.39 is 0 Å². The van der Waals surface area contributed by atoms with Gasteiger partial charge in [0.2, 0.25) is 0 Å². The number of nitrogens with zero attached hydrogens (tertiary/aromatic N) is 2. The van der Waals surface area contributed by atoms with Crippen LogP contribution in [0.5, 0.6) is 0 Å². The van der Waals surface area contributed by atoms with Crippen molar-refractivity contribution in [3.05, 3.63) is 78.4 Å². The first kappa shape index (κ1) is 16.1. The SMILES string of the molecule is Cc1cnc(CNC(=S)Nc2ccccc2-c2ccccc2)cn1. The van der Waals surface area contributed by atoms with Gasteiger partial charge in [-0.3, -0.25) is 9.97 Å².